The summed E-state index contributed by atoms with van der Waals surface area (Å²) in [5, 5.41) is 10.8. The summed E-state index contributed by atoms with van der Waals surface area (Å²) in [5.41, 5.74) is 4.25. The molecule has 0 aliphatic heterocycles. The van der Waals surface area contributed by atoms with Crippen molar-refractivity contribution < 1.29 is 0 Å². The summed E-state index contributed by atoms with van der Waals surface area (Å²) in [6.07, 6.45) is 3.51. The van der Waals surface area contributed by atoms with Crippen LogP contribution in [-0.2, 0) is 5.75 Å². The third-order valence-electron chi connectivity index (χ3n) is 4.22. The van der Waals surface area contributed by atoms with Crippen LogP contribution in [0.15, 0.2) is 72.1 Å². The number of aryl methyl sites for hydroxylation is 1. The molecular formula is C21H16Cl2N4S. The molecule has 0 fully saturated rings. The first-order valence-electron chi connectivity index (χ1n) is 8.61. The van der Waals surface area contributed by atoms with Crippen molar-refractivity contribution in [2.45, 2.75) is 17.8 Å². The summed E-state index contributed by atoms with van der Waals surface area (Å²) in [4.78, 5) is 4.10. The van der Waals surface area contributed by atoms with Crippen LogP contribution in [0.2, 0.25) is 10.0 Å². The molecule has 7 heteroatoms. The number of thioether (sulfide) groups is 1. The average Bonchev–Trinajstić information content (AvgIpc) is 3.14. The lowest BCUT2D eigenvalue weighted by molar-refractivity contribution is 0.885. The van der Waals surface area contributed by atoms with Gasteiger partial charge in [-0.3, -0.25) is 9.55 Å². The molecule has 0 aliphatic rings. The predicted molar refractivity (Wildman–Crippen MR) is 115 cm³/mol. The van der Waals surface area contributed by atoms with Crippen molar-refractivity contribution in [2.24, 2.45) is 0 Å². The van der Waals surface area contributed by atoms with E-state index in [0.717, 1.165) is 27.8 Å². The monoisotopic (exact) mass is 426 g/mol. The van der Waals surface area contributed by atoms with E-state index < -0.39 is 0 Å². The highest BCUT2D eigenvalue weighted by molar-refractivity contribution is 7.98. The lowest BCUT2D eigenvalue weighted by Crippen LogP contribution is -2.00. The Morgan fingerprint density at radius 1 is 0.893 bits per heavy atom. The fraction of sp³-hybridized carbons (Fsp3) is 0.0952. The van der Waals surface area contributed by atoms with Crippen molar-refractivity contribution in [2.75, 3.05) is 0 Å². The van der Waals surface area contributed by atoms with Crippen LogP contribution < -0.4 is 0 Å². The predicted octanol–water partition coefficient (Wildman–Crippen LogP) is 6.24. The number of halogens is 2. The maximum Gasteiger partial charge on any atom is 0.196 e. The third-order valence-corrected chi connectivity index (χ3v) is 5.96. The van der Waals surface area contributed by atoms with E-state index in [-0.39, 0.29) is 0 Å². The topological polar surface area (TPSA) is 43.6 Å². The highest BCUT2D eigenvalue weighted by Crippen LogP contribution is 2.31. The Balaban J connectivity index is 1.71. The molecule has 0 aliphatic carbocycles. The van der Waals surface area contributed by atoms with Crippen molar-refractivity contribution in [3.05, 3.63) is 88.2 Å². The molecular weight excluding hydrogens is 411 g/mol. The van der Waals surface area contributed by atoms with E-state index in [2.05, 4.69) is 50.9 Å². The Morgan fingerprint density at radius 2 is 1.64 bits per heavy atom. The molecule has 140 valence electrons. The fourth-order valence-corrected chi connectivity index (χ4v) is 3.97. The lowest BCUT2D eigenvalue weighted by Gasteiger charge is -2.11. The number of nitrogens with zero attached hydrogens (tertiary/aromatic N) is 4. The first-order valence-corrected chi connectivity index (χ1v) is 10.4. The van der Waals surface area contributed by atoms with Crippen molar-refractivity contribution in [1.82, 2.24) is 19.7 Å². The molecule has 2 aromatic heterocycles. The SMILES string of the molecule is Cc1ccc(-n2c(SCc3ccc(Cl)c(Cl)c3)nnc2-c2ccncc2)cc1. The Bertz CT molecular complexity index is 1100. The van der Waals surface area contributed by atoms with Crippen LogP contribution in [0, 0.1) is 6.92 Å². The minimum atomic E-state index is 0.553. The average molecular weight is 427 g/mol. The summed E-state index contributed by atoms with van der Waals surface area (Å²) in [6, 6.07) is 17.8. The molecule has 0 N–H and O–H groups in total. The number of pyridine rings is 1. The number of benzene rings is 2. The first-order chi connectivity index (χ1) is 13.6. The van der Waals surface area contributed by atoms with E-state index in [1.807, 2.05) is 30.3 Å². The molecule has 0 bridgehead atoms. The minimum absolute atomic E-state index is 0.553. The summed E-state index contributed by atoms with van der Waals surface area (Å²) < 4.78 is 2.07. The molecule has 0 unspecified atom stereocenters. The van der Waals surface area contributed by atoms with Gasteiger partial charge in [0.15, 0.2) is 11.0 Å². The Kier molecular flexibility index (Phi) is 5.67. The standard InChI is InChI=1S/C21H16Cl2N4S/c1-14-2-5-17(6-3-14)27-20(16-8-10-24-11-9-16)25-26-21(27)28-13-15-4-7-18(22)19(23)12-15/h2-12H,13H2,1H3. The van der Waals surface area contributed by atoms with Gasteiger partial charge in [0.2, 0.25) is 0 Å². The van der Waals surface area contributed by atoms with Gasteiger partial charge in [0, 0.05) is 29.4 Å². The number of aromatic nitrogens is 4. The zero-order valence-corrected chi connectivity index (χ0v) is 17.3. The summed E-state index contributed by atoms with van der Waals surface area (Å²) in [6.45, 7) is 2.07. The van der Waals surface area contributed by atoms with Crippen LogP contribution in [0.3, 0.4) is 0 Å². The highest BCUT2D eigenvalue weighted by Gasteiger charge is 2.16. The Hall–Kier alpha value is -2.34. The molecule has 0 radical (unpaired) electrons. The maximum atomic E-state index is 6.14. The summed E-state index contributed by atoms with van der Waals surface area (Å²) >= 11 is 13.8. The van der Waals surface area contributed by atoms with E-state index in [9.17, 15) is 0 Å². The normalized spacial score (nSPS) is 11.0. The molecule has 2 aromatic carbocycles. The van der Waals surface area contributed by atoms with Crippen LogP contribution in [0.5, 0.6) is 0 Å². The van der Waals surface area contributed by atoms with Gasteiger partial charge in [-0.15, -0.1) is 10.2 Å². The van der Waals surface area contributed by atoms with Crippen molar-refractivity contribution >= 4 is 35.0 Å². The number of rotatable bonds is 5. The second kappa shape index (κ2) is 8.35. The molecule has 0 saturated carbocycles. The van der Waals surface area contributed by atoms with Crippen LogP contribution >= 0.6 is 35.0 Å². The second-order valence-corrected chi connectivity index (χ2v) is 8.01. The molecule has 4 rings (SSSR count). The van der Waals surface area contributed by atoms with Gasteiger partial charge in [-0.2, -0.15) is 0 Å². The number of hydrogen-bond donors (Lipinski definition) is 0. The van der Waals surface area contributed by atoms with E-state index in [0.29, 0.717) is 15.8 Å². The van der Waals surface area contributed by atoms with Gasteiger partial charge in [0.05, 0.1) is 10.0 Å². The molecule has 0 atom stereocenters. The molecule has 2 heterocycles. The number of hydrogen-bond acceptors (Lipinski definition) is 4. The minimum Gasteiger partial charge on any atom is -0.270 e. The molecule has 28 heavy (non-hydrogen) atoms. The van der Waals surface area contributed by atoms with E-state index >= 15 is 0 Å². The van der Waals surface area contributed by atoms with Crippen LogP contribution in [0.1, 0.15) is 11.1 Å². The van der Waals surface area contributed by atoms with Gasteiger partial charge in [-0.1, -0.05) is 58.7 Å². The van der Waals surface area contributed by atoms with E-state index in [4.69, 9.17) is 23.2 Å². The maximum absolute atomic E-state index is 6.14. The van der Waals surface area contributed by atoms with Crippen molar-refractivity contribution in [1.29, 1.82) is 0 Å². The van der Waals surface area contributed by atoms with Gasteiger partial charge < -0.3 is 0 Å². The molecule has 4 aromatic rings. The summed E-state index contributed by atoms with van der Waals surface area (Å²) in [5.74, 6) is 1.49. The highest BCUT2D eigenvalue weighted by atomic mass is 35.5. The Morgan fingerprint density at radius 3 is 2.36 bits per heavy atom. The second-order valence-electron chi connectivity index (χ2n) is 6.25. The lowest BCUT2D eigenvalue weighted by atomic mass is 10.2. The van der Waals surface area contributed by atoms with Gasteiger partial charge in [-0.25, -0.2) is 0 Å². The van der Waals surface area contributed by atoms with Crippen molar-refractivity contribution in [3.63, 3.8) is 0 Å². The quantitative estimate of drug-likeness (QED) is 0.354. The molecule has 0 spiro atoms. The molecule has 0 saturated heterocycles. The van der Waals surface area contributed by atoms with E-state index in [1.165, 1.54) is 5.56 Å². The van der Waals surface area contributed by atoms with E-state index in [1.54, 1.807) is 24.2 Å². The Labute approximate surface area is 177 Å². The zero-order chi connectivity index (χ0) is 19.5. The third kappa shape index (κ3) is 4.07. The summed E-state index contributed by atoms with van der Waals surface area (Å²) in [7, 11) is 0. The van der Waals surface area contributed by atoms with Gasteiger partial charge in [0.1, 0.15) is 0 Å². The smallest absolute Gasteiger partial charge is 0.196 e. The largest absolute Gasteiger partial charge is 0.270 e. The van der Waals surface area contributed by atoms with Crippen LogP contribution in [-0.4, -0.2) is 19.7 Å². The molecule has 0 amide bonds. The van der Waals surface area contributed by atoms with Gasteiger partial charge in [0.25, 0.3) is 0 Å². The van der Waals surface area contributed by atoms with Gasteiger partial charge in [-0.05, 0) is 48.9 Å². The fourth-order valence-electron chi connectivity index (χ4n) is 2.76. The van der Waals surface area contributed by atoms with Crippen molar-refractivity contribution in [3.8, 4) is 17.1 Å². The van der Waals surface area contributed by atoms with Gasteiger partial charge >= 0.3 is 0 Å². The first kappa shape index (κ1) is 19.0. The van der Waals surface area contributed by atoms with Crippen LogP contribution in [0.25, 0.3) is 17.1 Å². The molecule has 4 nitrogen and oxygen atoms in total. The van der Waals surface area contributed by atoms with Crippen LogP contribution in [0.4, 0.5) is 0 Å². The zero-order valence-electron chi connectivity index (χ0n) is 15.0.